The van der Waals surface area contributed by atoms with Gasteiger partial charge in [-0.15, -0.1) is 0 Å². The van der Waals surface area contributed by atoms with E-state index in [0.29, 0.717) is 12.1 Å². The molecule has 1 heterocycles. The molecular weight excluding hydrogens is 242 g/mol. The summed E-state index contributed by atoms with van der Waals surface area (Å²) in [5, 5.41) is 0. The van der Waals surface area contributed by atoms with Crippen molar-refractivity contribution in [1.29, 1.82) is 0 Å². The van der Waals surface area contributed by atoms with Crippen LogP contribution in [0.15, 0.2) is 4.99 Å². The monoisotopic (exact) mass is 271 g/mol. The van der Waals surface area contributed by atoms with E-state index in [-0.39, 0.29) is 0 Å². The van der Waals surface area contributed by atoms with Gasteiger partial charge in [0.25, 0.3) is 0 Å². The third kappa shape index (κ3) is 4.97. The van der Waals surface area contributed by atoms with Gasteiger partial charge in [-0.05, 0) is 34.2 Å². The second-order valence-corrected chi connectivity index (χ2v) is 5.17. The Bertz CT molecular complexity index is 272. The van der Waals surface area contributed by atoms with Gasteiger partial charge in [-0.25, -0.2) is 5.84 Å². The maximum atomic E-state index is 5.60. The fourth-order valence-electron chi connectivity index (χ4n) is 2.31. The predicted octanol–water partition coefficient (Wildman–Crippen LogP) is 0.257. The molecule has 0 amide bonds. The van der Waals surface area contributed by atoms with Gasteiger partial charge >= 0.3 is 0 Å². The van der Waals surface area contributed by atoms with Crippen LogP contribution in [0.4, 0.5) is 0 Å². The summed E-state index contributed by atoms with van der Waals surface area (Å²) in [6, 6.07) is 1.01. The minimum absolute atomic E-state index is 0.505. The maximum Gasteiger partial charge on any atom is 0.208 e. The van der Waals surface area contributed by atoms with Crippen molar-refractivity contribution in [1.82, 2.24) is 15.2 Å². The lowest BCUT2D eigenvalue weighted by Crippen LogP contribution is -2.59. The fourth-order valence-corrected chi connectivity index (χ4v) is 2.31. The molecule has 1 fully saturated rings. The number of nitrogens with zero attached hydrogens (tertiary/aromatic N) is 3. The topological polar surface area (TPSA) is 66.1 Å². The average Bonchev–Trinajstić information content (AvgIpc) is 2.39. The first-order valence-electron chi connectivity index (χ1n) is 7.15. The van der Waals surface area contributed by atoms with Crippen LogP contribution in [0.5, 0.6) is 0 Å². The highest BCUT2D eigenvalue weighted by Crippen LogP contribution is 2.13. The predicted molar refractivity (Wildman–Crippen MR) is 79.0 cm³/mol. The maximum absolute atomic E-state index is 5.60. The van der Waals surface area contributed by atoms with Crippen molar-refractivity contribution in [2.45, 2.75) is 39.3 Å². The number of nitrogens with two attached hydrogens (primary N) is 1. The molecule has 6 nitrogen and oxygen atoms in total. The molecule has 0 bridgehead atoms. The van der Waals surface area contributed by atoms with Gasteiger partial charge < -0.3 is 9.64 Å². The lowest BCUT2D eigenvalue weighted by molar-refractivity contribution is 0.0965. The zero-order valence-electron chi connectivity index (χ0n) is 12.7. The second-order valence-electron chi connectivity index (χ2n) is 5.17. The molecule has 0 saturated carbocycles. The summed E-state index contributed by atoms with van der Waals surface area (Å²) in [5.41, 5.74) is 2.74. The van der Waals surface area contributed by atoms with Crippen LogP contribution >= 0.6 is 0 Å². The van der Waals surface area contributed by atoms with Gasteiger partial charge in [-0.2, -0.15) is 0 Å². The minimum atomic E-state index is 0.505. The van der Waals surface area contributed by atoms with E-state index in [4.69, 9.17) is 10.6 Å². The number of nitrogens with one attached hydrogen (secondary N) is 1. The molecule has 1 aliphatic rings. The Morgan fingerprint density at radius 1 is 1.37 bits per heavy atom. The van der Waals surface area contributed by atoms with Crippen LogP contribution in [0, 0.1) is 0 Å². The lowest BCUT2D eigenvalue weighted by atomic mass is 10.1. The van der Waals surface area contributed by atoms with Crippen LogP contribution in [0.1, 0.15) is 27.2 Å². The van der Waals surface area contributed by atoms with Crippen LogP contribution < -0.4 is 11.3 Å². The average molecular weight is 271 g/mol. The number of hydrazine groups is 1. The minimum Gasteiger partial charge on any atom is -0.382 e. The molecule has 19 heavy (non-hydrogen) atoms. The highest BCUT2D eigenvalue weighted by molar-refractivity contribution is 5.79. The zero-order valence-corrected chi connectivity index (χ0v) is 12.7. The SMILES string of the molecule is CCOCCCN=C(NN)N1CC(C)N(C)C(C)C1. The van der Waals surface area contributed by atoms with Crippen molar-refractivity contribution < 1.29 is 4.74 Å². The summed E-state index contributed by atoms with van der Waals surface area (Å²) >= 11 is 0. The first-order chi connectivity index (χ1) is 9.10. The highest BCUT2D eigenvalue weighted by atomic mass is 16.5. The van der Waals surface area contributed by atoms with Crippen LogP contribution in [0.2, 0.25) is 0 Å². The Morgan fingerprint density at radius 3 is 2.53 bits per heavy atom. The molecule has 3 N–H and O–H groups in total. The third-order valence-corrected chi connectivity index (χ3v) is 3.70. The molecule has 6 heteroatoms. The fraction of sp³-hybridized carbons (Fsp3) is 0.923. The summed E-state index contributed by atoms with van der Waals surface area (Å²) in [4.78, 5) is 9.16. The van der Waals surface area contributed by atoms with Crippen molar-refractivity contribution in [3.8, 4) is 0 Å². The van der Waals surface area contributed by atoms with Gasteiger partial charge in [-0.3, -0.25) is 15.3 Å². The highest BCUT2D eigenvalue weighted by Gasteiger charge is 2.27. The van der Waals surface area contributed by atoms with Gasteiger partial charge in [0.05, 0.1) is 0 Å². The van der Waals surface area contributed by atoms with Crippen LogP contribution in [0.3, 0.4) is 0 Å². The summed E-state index contributed by atoms with van der Waals surface area (Å²) in [7, 11) is 2.17. The van der Waals surface area contributed by atoms with E-state index in [0.717, 1.165) is 45.2 Å². The number of likely N-dealkylation sites (N-methyl/N-ethyl adjacent to an activating group) is 1. The van der Waals surface area contributed by atoms with Gasteiger partial charge in [0.2, 0.25) is 5.96 Å². The molecule has 0 radical (unpaired) electrons. The number of piperazine rings is 1. The van der Waals surface area contributed by atoms with E-state index in [2.05, 4.69) is 41.1 Å². The number of aliphatic imine (C=N–C) groups is 1. The van der Waals surface area contributed by atoms with Crippen LogP contribution in [-0.4, -0.2) is 67.7 Å². The molecule has 112 valence electrons. The van der Waals surface area contributed by atoms with Gasteiger partial charge in [0, 0.05) is 44.9 Å². The standard InChI is InChI=1S/C13H29N5O/c1-5-19-8-6-7-15-13(16-14)18-9-11(2)17(4)12(3)10-18/h11-12H,5-10,14H2,1-4H3,(H,15,16). The van der Waals surface area contributed by atoms with Crippen molar-refractivity contribution in [3.05, 3.63) is 0 Å². The Morgan fingerprint density at radius 2 is 2.00 bits per heavy atom. The normalized spacial score (nSPS) is 25.7. The Hall–Kier alpha value is -0.850. The third-order valence-electron chi connectivity index (χ3n) is 3.70. The molecule has 0 aromatic heterocycles. The molecule has 1 saturated heterocycles. The molecule has 0 aliphatic carbocycles. The summed E-state index contributed by atoms with van der Waals surface area (Å²) in [5.74, 6) is 6.40. The summed E-state index contributed by atoms with van der Waals surface area (Å²) in [6.45, 7) is 10.6. The number of ether oxygens (including phenoxy) is 1. The van der Waals surface area contributed by atoms with E-state index in [1.54, 1.807) is 0 Å². The molecular formula is C13H29N5O. The molecule has 0 spiro atoms. The number of hydrogen-bond acceptors (Lipinski definition) is 4. The Labute approximate surface area is 117 Å². The van der Waals surface area contributed by atoms with Crippen molar-refractivity contribution >= 4 is 5.96 Å². The first kappa shape index (κ1) is 16.2. The Balaban J connectivity index is 2.47. The largest absolute Gasteiger partial charge is 0.382 e. The second kappa shape index (κ2) is 8.35. The summed E-state index contributed by atoms with van der Waals surface area (Å²) in [6.07, 6.45) is 0.928. The van der Waals surface area contributed by atoms with Gasteiger partial charge in [0.1, 0.15) is 0 Å². The van der Waals surface area contributed by atoms with E-state index >= 15 is 0 Å². The number of rotatable bonds is 5. The van der Waals surface area contributed by atoms with Gasteiger partial charge in [-0.1, -0.05) is 0 Å². The zero-order chi connectivity index (χ0) is 14.3. The van der Waals surface area contributed by atoms with Crippen LogP contribution in [-0.2, 0) is 4.74 Å². The van der Waals surface area contributed by atoms with Crippen molar-refractivity contribution in [2.75, 3.05) is 39.9 Å². The van der Waals surface area contributed by atoms with Crippen LogP contribution in [0.25, 0.3) is 0 Å². The lowest BCUT2D eigenvalue weighted by Gasteiger charge is -2.43. The molecule has 0 aromatic carbocycles. The van der Waals surface area contributed by atoms with Crippen molar-refractivity contribution in [3.63, 3.8) is 0 Å². The molecule has 1 aliphatic heterocycles. The number of hydrogen-bond donors (Lipinski definition) is 2. The van der Waals surface area contributed by atoms with E-state index < -0.39 is 0 Å². The molecule has 1 rings (SSSR count). The molecule has 0 aromatic rings. The first-order valence-corrected chi connectivity index (χ1v) is 7.15. The van der Waals surface area contributed by atoms with E-state index in [1.807, 2.05) is 6.92 Å². The number of guanidine groups is 1. The molecule has 2 atom stereocenters. The summed E-state index contributed by atoms with van der Waals surface area (Å²) < 4.78 is 5.30. The van der Waals surface area contributed by atoms with Gasteiger partial charge in [0.15, 0.2) is 0 Å². The quantitative estimate of drug-likeness (QED) is 0.247. The smallest absolute Gasteiger partial charge is 0.208 e. The van der Waals surface area contributed by atoms with Crippen molar-refractivity contribution in [2.24, 2.45) is 10.8 Å². The van der Waals surface area contributed by atoms with E-state index in [9.17, 15) is 0 Å². The molecule has 2 unspecified atom stereocenters. The Kier molecular flexibility index (Phi) is 7.12. The van der Waals surface area contributed by atoms with E-state index in [1.165, 1.54) is 0 Å².